The molecule has 26 heavy (non-hydrogen) atoms. The van der Waals surface area contributed by atoms with Crippen LogP contribution in [0, 0.1) is 10.1 Å². The molecule has 2 amide bonds. The molecule has 1 saturated heterocycles. The van der Waals surface area contributed by atoms with Crippen LogP contribution in [0.3, 0.4) is 0 Å². The van der Waals surface area contributed by atoms with E-state index in [0.29, 0.717) is 0 Å². The van der Waals surface area contributed by atoms with Gasteiger partial charge in [0.1, 0.15) is 0 Å². The molecule has 2 aromatic carbocycles. The molecule has 1 aliphatic rings. The third-order valence-electron chi connectivity index (χ3n) is 3.69. The van der Waals surface area contributed by atoms with Gasteiger partial charge in [0.2, 0.25) is 5.75 Å². The molecular weight excluding hydrogens is 424 g/mol. The second-order valence-electron chi connectivity index (χ2n) is 5.33. The summed E-state index contributed by atoms with van der Waals surface area (Å²) < 4.78 is 0.777. The molecular formula is C17H11BrN2O5S. The highest BCUT2D eigenvalue weighted by Gasteiger charge is 2.35. The Morgan fingerprint density at radius 2 is 1.92 bits per heavy atom. The van der Waals surface area contributed by atoms with Gasteiger partial charge in [-0.1, -0.05) is 46.3 Å². The number of nitro benzene ring substituents is 1. The quantitative estimate of drug-likeness (QED) is 0.437. The largest absolute Gasteiger partial charge is 0.502 e. The van der Waals surface area contributed by atoms with Gasteiger partial charge in [-0.3, -0.25) is 24.6 Å². The molecule has 0 unspecified atom stereocenters. The van der Waals surface area contributed by atoms with Gasteiger partial charge >= 0.3 is 5.69 Å². The zero-order chi connectivity index (χ0) is 18.8. The van der Waals surface area contributed by atoms with Crippen molar-refractivity contribution in [2.45, 2.75) is 6.54 Å². The number of rotatable bonds is 4. The van der Waals surface area contributed by atoms with Gasteiger partial charge in [-0.2, -0.15) is 0 Å². The lowest BCUT2D eigenvalue weighted by molar-refractivity contribution is -0.385. The van der Waals surface area contributed by atoms with Gasteiger partial charge in [-0.15, -0.1) is 0 Å². The van der Waals surface area contributed by atoms with Crippen molar-refractivity contribution in [2.24, 2.45) is 0 Å². The van der Waals surface area contributed by atoms with Gasteiger partial charge in [-0.25, -0.2) is 0 Å². The second-order valence-corrected chi connectivity index (χ2v) is 7.18. The van der Waals surface area contributed by atoms with Crippen LogP contribution in [-0.4, -0.2) is 26.1 Å². The Labute approximate surface area is 160 Å². The van der Waals surface area contributed by atoms with E-state index in [2.05, 4.69) is 15.9 Å². The van der Waals surface area contributed by atoms with Crippen LogP contribution >= 0.6 is 27.7 Å². The van der Waals surface area contributed by atoms with Crippen LogP contribution in [0.2, 0.25) is 0 Å². The Morgan fingerprint density at radius 3 is 2.62 bits per heavy atom. The smallest absolute Gasteiger partial charge is 0.311 e. The highest BCUT2D eigenvalue weighted by Crippen LogP contribution is 2.37. The van der Waals surface area contributed by atoms with Crippen molar-refractivity contribution in [1.29, 1.82) is 0 Å². The summed E-state index contributed by atoms with van der Waals surface area (Å²) >= 11 is 4.10. The first kappa shape index (κ1) is 18.2. The molecule has 132 valence electrons. The minimum Gasteiger partial charge on any atom is -0.502 e. The molecule has 0 atom stereocenters. The number of hydrogen-bond acceptors (Lipinski definition) is 6. The lowest BCUT2D eigenvalue weighted by atomic mass is 10.1. The van der Waals surface area contributed by atoms with Crippen molar-refractivity contribution in [2.75, 3.05) is 0 Å². The predicted molar refractivity (Wildman–Crippen MR) is 100 cm³/mol. The summed E-state index contributed by atoms with van der Waals surface area (Å²) in [7, 11) is 0. The van der Waals surface area contributed by atoms with E-state index in [9.17, 15) is 24.8 Å². The van der Waals surface area contributed by atoms with E-state index in [0.717, 1.165) is 32.8 Å². The highest BCUT2D eigenvalue weighted by atomic mass is 79.9. The summed E-state index contributed by atoms with van der Waals surface area (Å²) in [6.07, 6.45) is 1.28. The molecule has 0 aromatic heterocycles. The molecule has 9 heteroatoms. The van der Waals surface area contributed by atoms with E-state index in [4.69, 9.17) is 0 Å². The van der Waals surface area contributed by atoms with Gasteiger partial charge in [0.25, 0.3) is 11.1 Å². The third-order valence-corrected chi connectivity index (χ3v) is 5.37. The number of halogens is 1. The number of benzene rings is 2. The number of phenols is 1. The monoisotopic (exact) mass is 434 g/mol. The minimum atomic E-state index is -0.717. The van der Waals surface area contributed by atoms with Crippen molar-refractivity contribution < 1.29 is 19.6 Å². The number of imide groups is 1. The van der Waals surface area contributed by atoms with E-state index in [1.165, 1.54) is 18.2 Å². The number of nitro groups is 1. The number of carbonyl (C=O) groups excluding carboxylic acids is 2. The summed E-state index contributed by atoms with van der Waals surface area (Å²) in [4.78, 5) is 36.1. The van der Waals surface area contributed by atoms with E-state index >= 15 is 0 Å². The van der Waals surface area contributed by atoms with Crippen LogP contribution in [0.4, 0.5) is 10.5 Å². The zero-order valence-electron chi connectivity index (χ0n) is 13.1. The van der Waals surface area contributed by atoms with Crippen molar-refractivity contribution in [3.05, 3.63) is 73.1 Å². The van der Waals surface area contributed by atoms with E-state index in [-0.39, 0.29) is 17.0 Å². The molecule has 0 saturated carbocycles. The average Bonchev–Trinajstić information content (AvgIpc) is 2.86. The molecule has 0 spiro atoms. The SMILES string of the molecule is O=C1S/C(=C\c2cccc([N+](=O)[O-])c2O)C(=O)N1Cc1ccccc1Br. The Kier molecular flexibility index (Phi) is 5.10. The van der Waals surface area contributed by atoms with Crippen LogP contribution in [0.1, 0.15) is 11.1 Å². The second kappa shape index (κ2) is 7.30. The first-order valence-electron chi connectivity index (χ1n) is 7.33. The maximum atomic E-state index is 12.6. The molecule has 0 radical (unpaired) electrons. The molecule has 1 fully saturated rings. The minimum absolute atomic E-state index is 0.0952. The number of thioether (sulfide) groups is 1. The first-order chi connectivity index (χ1) is 12.4. The average molecular weight is 435 g/mol. The fourth-order valence-electron chi connectivity index (χ4n) is 2.39. The Bertz CT molecular complexity index is 960. The lowest BCUT2D eigenvalue weighted by Crippen LogP contribution is -2.27. The van der Waals surface area contributed by atoms with Crippen molar-refractivity contribution in [3.63, 3.8) is 0 Å². The van der Waals surface area contributed by atoms with Crippen molar-refractivity contribution >= 4 is 50.6 Å². The molecule has 1 N–H and O–H groups in total. The Balaban J connectivity index is 1.90. The van der Waals surface area contributed by atoms with Crippen LogP contribution in [0.25, 0.3) is 6.08 Å². The predicted octanol–water partition coefficient (Wildman–Crippen LogP) is 4.30. The number of phenolic OH excluding ortho intramolecular Hbond substituents is 1. The fourth-order valence-corrected chi connectivity index (χ4v) is 3.63. The maximum absolute atomic E-state index is 12.6. The summed E-state index contributed by atoms with van der Waals surface area (Å²) in [5, 5.41) is 20.5. The normalized spacial score (nSPS) is 15.7. The van der Waals surface area contributed by atoms with Gasteiger partial charge in [0.15, 0.2) is 0 Å². The van der Waals surface area contributed by atoms with Gasteiger partial charge < -0.3 is 5.11 Å². The number of amides is 2. The lowest BCUT2D eigenvalue weighted by Gasteiger charge is -2.13. The Morgan fingerprint density at radius 1 is 1.19 bits per heavy atom. The topological polar surface area (TPSA) is 101 Å². The Hall–Kier alpha value is -2.65. The van der Waals surface area contributed by atoms with Crippen LogP contribution in [0.5, 0.6) is 5.75 Å². The number of aromatic hydroxyl groups is 1. The number of carbonyl (C=O) groups is 2. The van der Waals surface area contributed by atoms with E-state index in [1.54, 1.807) is 12.1 Å². The molecule has 0 aliphatic carbocycles. The first-order valence-corrected chi connectivity index (χ1v) is 8.94. The summed E-state index contributed by atoms with van der Waals surface area (Å²) in [5.74, 6) is -1.06. The van der Waals surface area contributed by atoms with Crippen LogP contribution in [0.15, 0.2) is 51.8 Å². The van der Waals surface area contributed by atoms with Crippen LogP contribution < -0.4 is 0 Å². The third kappa shape index (κ3) is 3.49. The maximum Gasteiger partial charge on any atom is 0.311 e. The molecule has 2 aromatic rings. The number of nitrogens with zero attached hydrogens (tertiary/aromatic N) is 2. The van der Waals surface area contributed by atoms with Crippen molar-refractivity contribution in [1.82, 2.24) is 4.90 Å². The summed E-state index contributed by atoms with van der Waals surface area (Å²) in [6.45, 7) is 0.102. The fraction of sp³-hybridized carbons (Fsp3) is 0.0588. The zero-order valence-corrected chi connectivity index (χ0v) is 15.5. The molecule has 3 rings (SSSR count). The van der Waals surface area contributed by atoms with Crippen LogP contribution in [-0.2, 0) is 11.3 Å². The van der Waals surface area contributed by atoms with Gasteiger partial charge in [-0.05, 0) is 29.5 Å². The van der Waals surface area contributed by atoms with E-state index in [1.807, 2.05) is 12.1 Å². The van der Waals surface area contributed by atoms with Gasteiger partial charge in [0.05, 0.1) is 16.4 Å². The summed E-state index contributed by atoms with van der Waals surface area (Å²) in [5.41, 5.74) is 0.408. The standard InChI is InChI=1S/C17H11BrN2O5S/c18-12-6-2-1-4-11(12)9-19-16(22)14(26-17(19)23)8-10-5-3-7-13(15(10)21)20(24)25/h1-8,21H,9H2/b14-8-. The highest BCUT2D eigenvalue weighted by molar-refractivity contribution is 9.10. The van der Waals surface area contributed by atoms with E-state index < -0.39 is 27.5 Å². The molecule has 7 nitrogen and oxygen atoms in total. The molecule has 1 heterocycles. The van der Waals surface area contributed by atoms with Gasteiger partial charge in [0, 0.05) is 16.1 Å². The molecule has 1 aliphatic heterocycles. The molecule has 0 bridgehead atoms. The number of hydrogen-bond donors (Lipinski definition) is 1. The van der Waals surface area contributed by atoms with Crippen molar-refractivity contribution in [3.8, 4) is 5.75 Å². The number of para-hydroxylation sites is 1. The summed E-state index contributed by atoms with van der Waals surface area (Å²) in [6, 6.07) is 11.2.